The van der Waals surface area contributed by atoms with Gasteiger partial charge in [0.1, 0.15) is 12.2 Å². The van der Waals surface area contributed by atoms with Crippen molar-refractivity contribution >= 4 is 5.97 Å². The lowest BCUT2D eigenvalue weighted by Crippen LogP contribution is -2.22. The molecule has 18 heavy (non-hydrogen) atoms. The third-order valence-electron chi connectivity index (χ3n) is 4.21. The van der Waals surface area contributed by atoms with Crippen molar-refractivity contribution in [3.63, 3.8) is 0 Å². The molecule has 2 saturated carbocycles. The maximum Gasteiger partial charge on any atom is 0.325 e. The first-order valence-electron chi connectivity index (χ1n) is 6.21. The summed E-state index contributed by atoms with van der Waals surface area (Å²) in [6.07, 6.45) is 2.50. The van der Waals surface area contributed by atoms with Crippen molar-refractivity contribution in [2.45, 2.75) is 43.6 Å². The summed E-state index contributed by atoms with van der Waals surface area (Å²) < 4.78 is 29.3. The van der Waals surface area contributed by atoms with E-state index in [2.05, 4.69) is 5.10 Å². The number of hydrogen-bond acceptors (Lipinski definition) is 2. The third kappa shape index (κ3) is 1.18. The minimum atomic E-state index is -2.89. The predicted molar refractivity (Wildman–Crippen MR) is 56.6 cm³/mol. The Kier molecular flexibility index (Phi) is 1.70. The maximum absolute atomic E-state index is 14.1. The summed E-state index contributed by atoms with van der Waals surface area (Å²) in [5.74, 6) is -4.42. The summed E-state index contributed by atoms with van der Waals surface area (Å²) in [4.78, 5) is 10.8. The predicted octanol–water partition coefficient (Wildman–Crippen LogP) is 2.05. The number of aromatic nitrogens is 2. The molecule has 0 radical (unpaired) electrons. The van der Waals surface area contributed by atoms with E-state index in [1.165, 1.54) is 0 Å². The van der Waals surface area contributed by atoms with E-state index in [-0.39, 0.29) is 17.5 Å². The molecule has 4 nitrogen and oxygen atoms in total. The maximum atomic E-state index is 14.1. The molecule has 3 aliphatic carbocycles. The molecule has 0 saturated heterocycles. The van der Waals surface area contributed by atoms with Crippen LogP contribution in [0.1, 0.15) is 48.0 Å². The van der Waals surface area contributed by atoms with Crippen LogP contribution in [0.25, 0.3) is 0 Å². The van der Waals surface area contributed by atoms with Crippen LogP contribution in [-0.2, 0) is 17.3 Å². The summed E-state index contributed by atoms with van der Waals surface area (Å²) in [6.45, 7) is -0.468. The Morgan fingerprint density at radius 3 is 2.83 bits per heavy atom. The molecular weight excluding hydrogens is 242 g/mol. The SMILES string of the molecule is O=C(O)Cn1nc(C2CC2)c2c1C(F)(F)[C@H]1C[C@@H]21. The average Bonchev–Trinajstić information content (AvgIpc) is 3.15. The summed E-state index contributed by atoms with van der Waals surface area (Å²) in [7, 11) is 0. The van der Waals surface area contributed by atoms with Crippen LogP contribution >= 0.6 is 0 Å². The van der Waals surface area contributed by atoms with E-state index in [1.54, 1.807) is 0 Å². The van der Waals surface area contributed by atoms with E-state index in [0.29, 0.717) is 12.0 Å². The Balaban J connectivity index is 1.88. The number of hydrogen-bond donors (Lipinski definition) is 1. The van der Waals surface area contributed by atoms with Crippen molar-refractivity contribution in [1.82, 2.24) is 9.78 Å². The Labute approximate surface area is 102 Å². The van der Waals surface area contributed by atoms with E-state index in [4.69, 9.17) is 5.11 Å². The molecule has 96 valence electrons. The molecule has 4 rings (SSSR count). The third-order valence-corrected chi connectivity index (χ3v) is 4.21. The lowest BCUT2D eigenvalue weighted by molar-refractivity contribution is -0.138. The lowest BCUT2D eigenvalue weighted by Gasteiger charge is -2.14. The smallest absolute Gasteiger partial charge is 0.325 e. The fraction of sp³-hybridized carbons (Fsp3) is 0.667. The molecule has 3 aliphatic rings. The van der Waals surface area contributed by atoms with Crippen molar-refractivity contribution in [3.05, 3.63) is 17.0 Å². The Morgan fingerprint density at radius 2 is 2.22 bits per heavy atom. The molecule has 1 N–H and O–H groups in total. The van der Waals surface area contributed by atoms with Crippen LogP contribution in [-0.4, -0.2) is 20.9 Å². The minimum absolute atomic E-state index is 0.0758. The molecule has 2 atom stereocenters. The van der Waals surface area contributed by atoms with Gasteiger partial charge >= 0.3 is 5.97 Å². The molecule has 0 aliphatic heterocycles. The zero-order valence-electron chi connectivity index (χ0n) is 9.57. The number of fused-ring (bicyclic) bond motifs is 3. The zero-order chi connectivity index (χ0) is 12.7. The topological polar surface area (TPSA) is 55.1 Å². The first kappa shape index (κ1) is 10.5. The lowest BCUT2D eigenvalue weighted by atomic mass is 10.1. The molecule has 0 amide bonds. The molecule has 0 unspecified atom stereocenters. The number of alkyl halides is 2. The second-order valence-electron chi connectivity index (χ2n) is 5.54. The summed E-state index contributed by atoms with van der Waals surface area (Å²) in [5.41, 5.74) is 1.30. The average molecular weight is 254 g/mol. The highest BCUT2D eigenvalue weighted by Gasteiger charge is 2.67. The van der Waals surface area contributed by atoms with E-state index in [1.807, 2.05) is 0 Å². The van der Waals surface area contributed by atoms with E-state index in [0.717, 1.165) is 23.2 Å². The number of carboxylic acids is 1. The van der Waals surface area contributed by atoms with Gasteiger partial charge in [0.25, 0.3) is 5.92 Å². The van der Waals surface area contributed by atoms with Gasteiger partial charge in [-0.2, -0.15) is 13.9 Å². The van der Waals surface area contributed by atoms with Crippen molar-refractivity contribution in [2.24, 2.45) is 5.92 Å². The van der Waals surface area contributed by atoms with Gasteiger partial charge in [0.2, 0.25) is 0 Å². The zero-order valence-corrected chi connectivity index (χ0v) is 9.57. The number of nitrogens with zero attached hydrogens (tertiary/aromatic N) is 2. The van der Waals surface area contributed by atoms with Crippen LogP contribution in [0.3, 0.4) is 0 Å². The first-order chi connectivity index (χ1) is 8.50. The van der Waals surface area contributed by atoms with Crippen LogP contribution in [0, 0.1) is 5.92 Å². The number of aliphatic carboxylic acids is 1. The van der Waals surface area contributed by atoms with Crippen LogP contribution < -0.4 is 0 Å². The molecular formula is C12H12F2N2O2. The van der Waals surface area contributed by atoms with Crippen molar-refractivity contribution < 1.29 is 18.7 Å². The van der Waals surface area contributed by atoms with Gasteiger partial charge in [-0.1, -0.05) is 0 Å². The van der Waals surface area contributed by atoms with E-state index < -0.39 is 24.4 Å². The highest BCUT2D eigenvalue weighted by atomic mass is 19.3. The summed E-state index contributed by atoms with van der Waals surface area (Å²) in [6, 6.07) is 0. The number of carboxylic acid groups (broad SMARTS) is 1. The van der Waals surface area contributed by atoms with Crippen molar-refractivity contribution in [2.75, 3.05) is 0 Å². The van der Waals surface area contributed by atoms with Crippen LogP contribution in [0.2, 0.25) is 0 Å². The fourth-order valence-electron chi connectivity index (χ4n) is 3.20. The Morgan fingerprint density at radius 1 is 1.50 bits per heavy atom. The minimum Gasteiger partial charge on any atom is -0.480 e. The quantitative estimate of drug-likeness (QED) is 0.898. The molecule has 1 heterocycles. The highest BCUT2D eigenvalue weighted by Crippen LogP contribution is 2.68. The monoisotopic (exact) mass is 254 g/mol. The molecule has 0 aromatic carbocycles. The number of carbonyl (C=O) groups is 1. The van der Waals surface area contributed by atoms with E-state index >= 15 is 0 Å². The first-order valence-corrected chi connectivity index (χ1v) is 6.21. The van der Waals surface area contributed by atoms with Crippen molar-refractivity contribution in [1.29, 1.82) is 0 Å². The van der Waals surface area contributed by atoms with Crippen LogP contribution in [0.4, 0.5) is 8.78 Å². The largest absolute Gasteiger partial charge is 0.480 e. The second kappa shape index (κ2) is 2.92. The molecule has 0 spiro atoms. The molecule has 1 aromatic rings. The number of rotatable bonds is 3. The fourth-order valence-corrected chi connectivity index (χ4v) is 3.20. The standard InChI is InChI=1S/C12H12F2N2O2/c13-12(14)7-3-6(7)9-10(5-1-2-5)15-16(11(9)12)4-8(17)18/h5-7H,1-4H2,(H,17,18)/t6-,7+/m1/s1. The normalized spacial score (nSPS) is 31.0. The van der Waals surface area contributed by atoms with Gasteiger partial charge in [0, 0.05) is 17.4 Å². The molecule has 6 heteroatoms. The van der Waals surface area contributed by atoms with Crippen molar-refractivity contribution in [3.8, 4) is 0 Å². The van der Waals surface area contributed by atoms with Gasteiger partial charge in [-0.05, 0) is 25.2 Å². The van der Waals surface area contributed by atoms with Gasteiger partial charge in [-0.3, -0.25) is 9.48 Å². The Bertz CT molecular complexity index is 563. The number of halogens is 2. The van der Waals surface area contributed by atoms with Crippen LogP contribution in [0.15, 0.2) is 0 Å². The van der Waals surface area contributed by atoms with Gasteiger partial charge in [-0.25, -0.2) is 0 Å². The Hall–Kier alpha value is -1.46. The van der Waals surface area contributed by atoms with Gasteiger partial charge in [0.05, 0.1) is 5.69 Å². The van der Waals surface area contributed by atoms with Gasteiger partial charge in [0.15, 0.2) is 0 Å². The summed E-state index contributed by atoms with van der Waals surface area (Å²) in [5, 5.41) is 13.0. The highest BCUT2D eigenvalue weighted by molar-refractivity contribution is 5.67. The molecule has 0 bridgehead atoms. The van der Waals surface area contributed by atoms with Gasteiger partial charge < -0.3 is 5.11 Å². The molecule has 1 aromatic heterocycles. The molecule has 2 fully saturated rings. The second-order valence-corrected chi connectivity index (χ2v) is 5.54. The van der Waals surface area contributed by atoms with Crippen LogP contribution in [0.5, 0.6) is 0 Å². The van der Waals surface area contributed by atoms with Gasteiger partial charge in [-0.15, -0.1) is 0 Å². The van der Waals surface area contributed by atoms with E-state index in [9.17, 15) is 13.6 Å². The summed E-state index contributed by atoms with van der Waals surface area (Å²) >= 11 is 0.